The van der Waals surface area contributed by atoms with Gasteiger partial charge in [-0.15, -0.1) is 0 Å². The highest BCUT2D eigenvalue weighted by Gasteiger charge is 2.58. The van der Waals surface area contributed by atoms with Gasteiger partial charge in [0.25, 0.3) is 0 Å². The van der Waals surface area contributed by atoms with Gasteiger partial charge in [0, 0.05) is 42.5 Å². The van der Waals surface area contributed by atoms with E-state index in [1.807, 2.05) is 31.2 Å². The van der Waals surface area contributed by atoms with Gasteiger partial charge in [-0.3, -0.25) is 24.0 Å². The normalized spacial score (nSPS) is 23.4. The molecule has 4 aromatic carbocycles. The minimum atomic E-state index is -1.05. The Morgan fingerprint density at radius 2 is 1.46 bits per heavy atom. The van der Waals surface area contributed by atoms with E-state index in [2.05, 4.69) is 13.5 Å². The Bertz CT molecular complexity index is 2710. The molecule has 1 heterocycles. The topological polar surface area (TPSA) is 168 Å². The van der Waals surface area contributed by atoms with Gasteiger partial charge in [-0.1, -0.05) is 37.6 Å². The highest BCUT2D eigenvalue weighted by atomic mass is 16.7. The van der Waals surface area contributed by atoms with Gasteiger partial charge in [0.1, 0.15) is 17.8 Å². The molecule has 0 bridgehead atoms. The van der Waals surface area contributed by atoms with Crippen molar-refractivity contribution in [2.24, 2.45) is 28.6 Å². The lowest BCUT2D eigenvalue weighted by atomic mass is 9.46. The molecule has 0 amide bonds. The van der Waals surface area contributed by atoms with E-state index in [-0.39, 0.29) is 55.2 Å². The predicted molar refractivity (Wildman–Crippen MR) is 255 cm³/mol. The number of methoxy groups -OCH3 is 3. The van der Waals surface area contributed by atoms with Crippen LogP contribution in [0.15, 0.2) is 72.3 Å². The largest absolute Gasteiger partial charge is 0.493 e. The second kappa shape index (κ2) is 20.0. The number of benzene rings is 4. The number of hydrogen-bond acceptors (Lipinski definition) is 14. The second-order valence-electron chi connectivity index (χ2n) is 18.9. The third kappa shape index (κ3) is 9.37. The number of rotatable bonds is 16. The van der Waals surface area contributed by atoms with Crippen molar-refractivity contribution in [1.82, 2.24) is 0 Å². The summed E-state index contributed by atoms with van der Waals surface area (Å²) in [6, 6.07) is 16.3. The van der Waals surface area contributed by atoms with Gasteiger partial charge in [-0.05, 0) is 133 Å². The summed E-state index contributed by atoms with van der Waals surface area (Å²) in [5, 5.41) is 1.34. The van der Waals surface area contributed by atoms with Crippen LogP contribution in [-0.2, 0) is 39.9 Å². The molecule has 14 heteroatoms. The van der Waals surface area contributed by atoms with Crippen LogP contribution < -0.4 is 33.2 Å². The molecular weight excluding hydrogens is 885 g/mol. The Labute approximate surface area is 402 Å². The fourth-order valence-electron chi connectivity index (χ4n) is 11.7. The molecule has 0 N–H and O–H groups in total. The minimum Gasteiger partial charge on any atom is -0.493 e. The monoisotopic (exact) mass is 944 g/mol. The quantitative estimate of drug-likeness (QED) is 0.0342. The second-order valence-corrected chi connectivity index (χ2v) is 18.9. The fourth-order valence-corrected chi connectivity index (χ4v) is 11.7. The maximum absolute atomic E-state index is 14.3. The minimum absolute atomic E-state index is 0.0431. The summed E-state index contributed by atoms with van der Waals surface area (Å²) in [7, 11) is 4.52. The van der Waals surface area contributed by atoms with E-state index < -0.39 is 35.2 Å². The molecule has 8 rings (SSSR count). The van der Waals surface area contributed by atoms with Crippen molar-refractivity contribution in [2.75, 3.05) is 41.3 Å². The first-order valence-corrected chi connectivity index (χ1v) is 23.5. The lowest BCUT2D eigenvalue weighted by Crippen LogP contribution is -2.53. The van der Waals surface area contributed by atoms with Gasteiger partial charge in [0.2, 0.25) is 12.5 Å². The molecule has 0 spiro atoms. The summed E-state index contributed by atoms with van der Waals surface area (Å²) < 4.78 is 51.3. The summed E-state index contributed by atoms with van der Waals surface area (Å²) in [6.45, 7) is 11.6. The Hall–Kier alpha value is -6.83. The molecule has 0 radical (unpaired) electrons. The van der Waals surface area contributed by atoms with Gasteiger partial charge < -0.3 is 42.6 Å². The third-order valence-electron chi connectivity index (χ3n) is 14.8. The zero-order valence-electron chi connectivity index (χ0n) is 40.4. The van der Waals surface area contributed by atoms with Crippen LogP contribution in [0.5, 0.6) is 40.2 Å². The molecule has 69 heavy (non-hydrogen) atoms. The van der Waals surface area contributed by atoms with E-state index in [1.54, 1.807) is 36.4 Å². The molecule has 4 aliphatic rings. The Morgan fingerprint density at radius 1 is 0.797 bits per heavy atom. The average molecular weight is 945 g/mol. The van der Waals surface area contributed by atoms with Gasteiger partial charge in [-0.2, -0.15) is 0 Å². The van der Waals surface area contributed by atoms with Crippen LogP contribution >= 0.6 is 0 Å². The lowest BCUT2D eigenvalue weighted by Gasteiger charge is -2.57. The van der Waals surface area contributed by atoms with E-state index in [9.17, 15) is 24.0 Å². The number of hydrogen-bond donors (Lipinski definition) is 0. The molecule has 6 atom stereocenters. The number of ether oxygens (including phenoxy) is 9. The van der Waals surface area contributed by atoms with Gasteiger partial charge in [0.05, 0.1) is 45.9 Å². The molecule has 1 aliphatic heterocycles. The number of fused-ring (bicyclic) bond motifs is 4. The summed E-state index contributed by atoms with van der Waals surface area (Å²) >= 11 is 0. The van der Waals surface area contributed by atoms with Gasteiger partial charge in [0.15, 0.2) is 23.0 Å². The van der Waals surface area contributed by atoms with Crippen molar-refractivity contribution < 1.29 is 66.6 Å². The van der Waals surface area contributed by atoms with Crippen LogP contribution in [0.25, 0.3) is 16.8 Å². The number of carbonyl (C=O) groups excluding carboxylic acids is 5. The first kappa shape index (κ1) is 48.6. The molecule has 0 saturated heterocycles. The molecule has 2 saturated carbocycles. The Morgan fingerprint density at radius 3 is 2.12 bits per heavy atom. The Balaban J connectivity index is 0.941. The smallest absolute Gasteiger partial charge is 0.314 e. The summed E-state index contributed by atoms with van der Waals surface area (Å²) in [5.41, 5.74) is 3.51. The van der Waals surface area contributed by atoms with Crippen LogP contribution in [-0.4, -0.2) is 71.5 Å². The van der Waals surface area contributed by atoms with Crippen molar-refractivity contribution in [3.8, 4) is 40.2 Å². The van der Waals surface area contributed by atoms with E-state index in [4.69, 9.17) is 42.6 Å². The maximum atomic E-state index is 14.3. The summed E-state index contributed by atoms with van der Waals surface area (Å²) in [6.07, 6.45) is 8.23. The molecule has 2 fully saturated rings. The zero-order chi connectivity index (χ0) is 49.2. The number of esters is 4. The number of aldehydes is 1. The molecule has 3 aliphatic carbocycles. The van der Waals surface area contributed by atoms with Crippen LogP contribution in [0.4, 0.5) is 0 Å². The molecule has 1 unspecified atom stereocenters. The standard InChI is InChI=1S/C55H60O14/c1-31-11-18-48-54(4,41(31)15-13-34-12-14-38-40(23-34)43(69-33(3)58)17-16-42(38)68-32(2)57)19-9-20-55(48,5)53(60)65-22-10-21-64-52(59)50-37(29-56)24-35-25-44-45(67-30-66-44)28-39(35)49(50)36-26-46(61-6)51(63-8)47(27-36)62-7/h12,14,16-17,23-29,41,48-50H,1,9-11,13,15,18-22,30H2,2-8H3/t41-,48?,49+,50+,54+,55-/m0/s1. The zero-order valence-corrected chi connectivity index (χ0v) is 40.4. The summed E-state index contributed by atoms with van der Waals surface area (Å²) in [4.78, 5) is 65.1. The van der Waals surface area contributed by atoms with E-state index in [0.29, 0.717) is 81.3 Å². The van der Waals surface area contributed by atoms with E-state index in [0.717, 1.165) is 43.2 Å². The van der Waals surface area contributed by atoms with Crippen molar-refractivity contribution in [3.63, 3.8) is 0 Å². The van der Waals surface area contributed by atoms with E-state index in [1.165, 1.54) is 40.7 Å². The van der Waals surface area contributed by atoms with Crippen LogP contribution in [0.3, 0.4) is 0 Å². The fraction of sp³-hybridized carbons (Fsp3) is 0.436. The van der Waals surface area contributed by atoms with Crippen molar-refractivity contribution in [3.05, 3.63) is 94.6 Å². The molecule has 14 nitrogen and oxygen atoms in total. The first-order valence-electron chi connectivity index (χ1n) is 23.5. The molecular formula is C55H60O14. The lowest BCUT2D eigenvalue weighted by molar-refractivity contribution is -0.171. The maximum Gasteiger partial charge on any atom is 0.314 e. The Kier molecular flexibility index (Phi) is 14.1. The van der Waals surface area contributed by atoms with Crippen LogP contribution in [0, 0.1) is 28.6 Å². The van der Waals surface area contributed by atoms with Crippen molar-refractivity contribution in [2.45, 2.75) is 85.0 Å². The van der Waals surface area contributed by atoms with Crippen molar-refractivity contribution in [1.29, 1.82) is 0 Å². The molecule has 4 aromatic rings. The first-order chi connectivity index (χ1) is 33.1. The number of carbonyl (C=O) groups is 5. The van der Waals surface area contributed by atoms with Crippen LogP contribution in [0.1, 0.15) is 101 Å². The third-order valence-corrected chi connectivity index (χ3v) is 14.8. The van der Waals surface area contributed by atoms with Gasteiger partial charge in [-0.25, -0.2) is 0 Å². The highest BCUT2D eigenvalue weighted by molar-refractivity contribution is 5.97. The van der Waals surface area contributed by atoms with E-state index >= 15 is 0 Å². The summed E-state index contributed by atoms with van der Waals surface area (Å²) in [5.74, 6) is -0.404. The van der Waals surface area contributed by atoms with Crippen molar-refractivity contribution >= 4 is 47.0 Å². The SMILES string of the molecule is C=C1CCC2[C@](C)(CCC[C@]2(C)C(=O)OCCCOC(=O)[C@@H]2C(C=O)=Cc3cc4c(cc3[C@H]2c2cc(OC)c(OC)c(OC)c2)OCO4)[C@H]1CCc1ccc2c(OC(C)=O)ccc(OC(C)=O)c2c1. The molecule has 0 aromatic heterocycles. The predicted octanol–water partition coefficient (Wildman–Crippen LogP) is 9.68. The highest BCUT2D eigenvalue weighted by Crippen LogP contribution is 2.62. The number of aryl methyl sites for hydroxylation is 1. The molecule has 364 valence electrons. The van der Waals surface area contributed by atoms with Gasteiger partial charge >= 0.3 is 23.9 Å². The number of allylic oxidation sites excluding steroid dienone is 1. The average Bonchev–Trinajstić information content (AvgIpc) is 3.79. The van der Waals surface area contributed by atoms with Crippen LogP contribution in [0.2, 0.25) is 0 Å².